The van der Waals surface area contributed by atoms with Gasteiger partial charge in [0.2, 0.25) is 0 Å². The highest BCUT2D eigenvalue weighted by Crippen LogP contribution is 2.23. The van der Waals surface area contributed by atoms with Crippen LogP contribution in [0.3, 0.4) is 0 Å². The second-order valence-electron chi connectivity index (χ2n) is 3.34. The van der Waals surface area contributed by atoms with Crippen LogP contribution in [-0.2, 0) is 11.5 Å². The first-order valence-electron chi connectivity index (χ1n) is 4.80. The standard InChI is InChI=1S/C10H12F2N4S2.2BrH/c11-7-1-5(3-17-9(13)14)6(2-8(7)12)4-18-10(15)16;;/h1-2H,3-4H2,(H3,13,14)(H3,15,16);2*1H. The Morgan fingerprint density at radius 2 is 1.20 bits per heavy atom. The zero-order valence-electron chi connectivity index (χ0n) is 10.1. The minimum Gasteiger partial charge on any atom is -0.379 e. The van der Waals surface area contributed by atoms with Crippen molar-refractivity contribution < 1.29 is 8.78 Å². The number of rotatable bonds is 4. The van der Waals surface area contributed by atoms with Crippen LogP contribution in [0.1, 0.15) is 11.1 Å². The molecule has 0 heterocycles. The Balaban J connectivity index is 0. The van der Waals surface area contributed by atoms with Gasteiger partial charge in [0.1, 0.15) is 0 Å². The Bertz CT molecular complexity index is 446. The highest BCUT2D eigenvalue weighted by atomic mass is 79.9. The van der Waals surface area contributed by atoms with Crippen molar-refractivity contribution in [1.82, 2.24) is 0 Å². The number of thioether (sulfide) groups is 2. The van der Waals surface area contributed by atoms with Gasteiger partial charge in [-0.2, -0.15) is 0 Å². The van der Waals surface area contributed by atoms with Crippen molar-refractivity contribution >= 4 is 67.8 Å². The van der Waals surface area contributed by atoms with Gasteiger partial charge in [-0.3, -0.25) is 10.8 Å². The number of nitrogens with two attached hydrogens (primary N) is 2. The van der Waals surface area contributed by atoms with Crippen LogP contribution < -0.4 is 11.5 Å². The monoisotopic (exact) mass is 450 g/mol. The lowest BCUT2D eigenvalue weighted by Crippen LogP contribution is -2.07. The normalized spacial score (nSPS) is 9.30. The van der Waals surface area contributed by atoms with Crippen molar-refractivity contribution in [3.63, 3.8) is 0 Å². The van der Waals surface area contributed by atoms with Crippen molar-refractivity contribution in [2.45, 2.75) is 11.5 Å². The Labute approximate surface area is 145 Å². The third-order valence-corrected chi connectivity index (χ3v) is 3.54. The van der Waals surface area contributed by atoms with Gasteiger partial charge in [0, 0.05) is 11.5 Å². The molecule has 10 heteroatoms. The van der Waals surface area contributed by atoms with Gasteiger partial charge in [-0.05, 0) is 23.3 Å². The quantitative estimate of drug-likeness (QED) is 0.416. The Kier molecular flexibility index (Phi) is 11.4. The molecule has 0 radical (unpaired) electrons. The predicted molar refractivity (Wildman–Crippen MR) is 93.4 cm³/mol. The molecule has 0 aliphatic carbocycles. The molecule has 114 valence electrons. The molecule has 20 heavy (non-hydrogen) atoms. The van der Waals surface area contributed by atoms with E-state index in [9.17, 15) is 8.78 Å². The van der Waals surface area contributed by atoms with Gasteiger partial charge >= 0.3 is 0 Å². The van der Waals surface area contributed by atoms with E-state index in [4.69, 9.17) is 22.3 Å². The molecule has 1 rings (SSSR count). The summed E-state index contributed by atoms with van der Waals surface area (Å²) in [4.78, 5) is 0. The van der Waals surface area contributed by atoms with Crippen LogP contribution in [0.15, 0.2) is 12.1 Å². The Hall–Kier alpha value is -0.320. The van der Waals surface area contributed by atoms with Crippen LogP contribution >= 0.6 is 57.5 Å². The molecule has 0 saturated carbocycles. The van der Waals surface area contributed by atoms with E-state index >= 15 is 0 Å². The van der Waals surface area contributed by atoms with Crippen LogP contribution in [0.4, 0.5) is 8.78 Å². The summed E-state index contributed by atoms with van der Waals surface area (Å²) in [7, 11) is 0. The molecule has 0 aromatic heterocycles. The predicted octanol–water partition coefficient (Wildman–Crippen LogP) is 3.37. The molecule has 0 aliphatic rings. The van der Waals surface area contributed by atoms with Crippen molar-refractivity contribution in [3.05, 3.63) is 34.9 Å². The number of amidine groups is 2. The Morgan fingerprint density at radius 3 is 1.45 bits per heavy atom. The van der Waals surface area contributed by atoms with Crippen LogP contribution in [-0.4, -0.2) is 10.3 Å². The highest BCUT2D eigenvalue weighted by molar-refractivity contribution is 8.93. The summed E-state index contributed by atoms with van der Waals surface area (Å²) in [5, 5.41) is 14.0. The van der Waals surface area contributed by atoms with E-state index in [1.54, 1.807) is 0 Å². The largest absolute Gasteiger partial charge is 0.379 e. The summed E-state index contributed by atoms with van der Waals surface area (Å²) < 4.78 is 26.3. The fraction of sp³-hybridized carbons (Fsp3) is 0.200. The van der Waals surface area contributed by atoms with E-state index in [2.05, 4.69) is 0 Å². The Morgan fingerprint density at radius 1 is 0.900 bits per heavy atom. The highest BCUT2D eigenvalue weighted by Gasteiger charge is 2.11. The number of nitrogens with one attached hydrogen (secondary N) is 2. The molecule has 0 bridgehead atoms. The van der Waals surface area contributed by atoms with E-state index in [1.807, 2.05) is 0 Å². The number of halogens is 4. The van der Waals surface area contributed by atoms with Gasteiger partial charge in [-0.1, -0.05) is 23.5 Å². The molecular weight excluding hydrogens is 438 g/mol. The molecule has 0 unspecified atom stereocenters. The van der Waals surface area contributed by atoms with Crippen LogP contribution in [0.2, 0.25) is 0 Å². The van der Waals surface area contributed by atoms with Gasteiger partial charge in [0.05, 0.1) is 0 Å². The van der Waals surface area contributed by atoms with Crippen molar-refractivity contribution in [2.75, 3.05) is 0 Å². The molecule has 0 saturated heterocycles. The van der Waals surface area contributed by atoms with E-state index < -0.39 is 11.6 Å². The summed E-state index contributed by atoms with van der Waals surface area (Å²) in [5.74, 6) is -1.32. The first kappa shape index (κ1) is 22.0. The fourth-order valence-corrected chi connectivity index (χ4v) is 2.37. The maximum absolute atomic E-state index is 13.1. The van der Waals surface area contributed by atoms with E-state index in [1.165, 1.54) is 0 Å². The first-order chi connectivity index (χ1) is 8.40. The third-order valence-electron chi connectivity index (χ3n) is 2.01. The molecule has 1 aromatic carbocycles. The van der Waals surface area contributed by atoms with Gasteiger partial charge in [0.25, 0.3) is 0 Å². The lowest BCUT2D eigenvalue weighted by Gasteiger charge is -2.09. The maximum atomic E-state index is 13.1. The minimum absolute atomic E-state index is 0. The lowest BCUT2D eigenvalue weighted by molar-refractivity contribution is 0.506. The van der Waals surface area contributed by atoms with Crippen LogP contribution in [0, 0.1) is 22.5 Å². The molecule has 0 aliphatic heterocycles. The summed E-state index contributed by atoms with van der Waals surface area (Å²) >= 11 is 2.05. The minimum atomic E-state index is -0.939. The molecular formula is C10H14Br2F2N4S2. The van der Waals surface area contributed by atoms with Gasteiger partial charge < -0.3 is 11.5 Å². The third kappa shape index (κ3) is 7.46. The molecule has 6 N–H and O–H groups in total. The average molecular weight is 452 g/mol. The van der Waals surface area contributed by atoms with Gasteiger partial charge in [-0.15, -0.1) is 34.0 Å². The summed E-state index contributed by atoms with van der Waals surface area (Å²) in [6.45, 7) is 0. The van der Waals surface area contributed by atoms with Crippen LogP contribution in [0.25, 0.3) is 0 Å². The smallest absolute Gasteiger partial charge is 0.159 e. The lowest BCUT2D eigenvalue weighted by atomic mass is 10.1. The maximum Gasteiger partial charge on any atom is 0.159 e. The number of hydrogen-bond donors (Lipinski definition) is 4. The fourth-order valence-electron chi connectivity index (χ4n) is 1.21. The zero-order valence-corrected chi connectivity index (χ0v) is 15.2. The topological polar surface area (TPSA) is 99.7 Å². The molecule has 0 amide bonds. The summed E-state index contributed by atoms with van der Waals surface area (Å²) in [6.07, 6.45) is 0. The number of benzene rings is 1. The van der Waals surface area contributed by atoms with Gasteiger partial charge in [0.15, 0.2) is 22.0 Å². The molecule has 4 nitrogen and oxygen atoms in total. The molecule has 0 atom stereocenters. The average Bonchev–Trinajstić information content (AvgIpc) is 2.28. The molecule has 0 fully saturated rings. The van der Waals surface area contributed by atoms with Crippen LogP contribution in [0.5, 0.6) is 0 Å². The first-order valence-corrected chi connectivity index (χ1v) is 6.77. The van der Waals surface area contributed by atoms with E-state index in [0.29, 0.717) is 11.1 Å². The van der Waals surface area contributed by atoms with E-state index in [0.717, 1.165) is 35.7 Å². The summed E-state index contributed by atoms with van der Waals surface area (Å²) in [6, 6.07) is 2.17. The SMILES string of the molecule is Br.Br.N=C(N)SCc1cc(F)c(F)cc1CSC(=N)N. The van der Waals surface area contributed by atoms with Crippen molar-refractivity contribution in [2.24, 2.45) is 11.5 Å². The summed E-state index contributed by atoms with van der Waals surface area (Å²) in [5.41, 5.74) is 11.5. The second kappa shape index (κ2) is 10.4. The number of hydrogen-bond acceptors (Lipinski definition) is 4. The van der Waals surface area contributed by atoms with E-state index in [-0.39, 0.29) is 55.8 Å². The van der Waals surface area contributed by atoms with Crippen molar-refractivity contribution in [1.29, 1.82) is 10.8 Å². The molecule has 0 spiro atoms. The molecule has 1 aromatic rings. The van der Waals surface area contributed by atoms with Gasteiger partial charge in [-0.25, -0.2) is 8.78 Å². The zero-order chi connectivity index (χ0) is 13.7. The van der Waals surface area contributed by atoms with Crippen molar-refractivity contribution in [3.8, 4) is 0 Å². The second-order valence-corrected chi connectivity index (χ2v) is 5.38.